The van der Waals surface area contributed by atoms with E-state index in [4.69, 9.17) is 11.0 Å². The van der Waals surface area contributed by atoms with E-state index in [1.54, 1.807) is 0 Å². The Balaban J connectivity index is 2.71. The lowest BCUT2D eigenvalue weighted by Crippen LogP contribution is -1.99. The van der Waals surface area contributed by atoms with Gasteiger partial charge in [0, 0.05) is 0 Å². The average molecular weight is 206 g/mol. The molecule has 70 valence electrons. The first-order valence-electron chi connectivity index (χ1n) is 3.71. The minimum absolute atomic E-state index is 0.181. The van der Waals surface area contributed by atoms with Gasteiger partial charge in [0.2, 0.25) is 5.16 Å². The fourth-order valence-corrected chi connectivity index (χ4v) is 1.33. The van der Waals surface area contributed by atoms with Gasteiger partial charge in [0.15, 0.2) is 0 Å². The number of rotatable bonds is 1. The molecule has 2 aromatic rings. The van der Waals surface area contributed by atoms with E-state index in [0.29, 0.717) is 16.5 Å². The van der Waals surface area contributed by atoms with Gasteiger partial charge in [-0.3, -0.25) is 0 Å². The molecule has 0 radical (unpaired) electrons. The summed E-state index contributed by atoms with van der Waals surface area (Å²) in [7, 11) is 0. The molecular weight excluding hydrogens is 200 g/mol. The molecule has 0 fully saturated rings. The van der Waals surface area contributed by atoms with Crippen molar-refractivity contribution in [2.75, 3.05) is 12.0 Å². The van der Waals surface area contributed by atoms with Crippen LogP contribution in [-0.4, -0.2) is 25.8 Å². The Labute approximate surface area is 83.8 Å². The number of fused-ring (bicyclic) bond motifs is 1. The Morgan fingerprint density at radius 3 is 3.00 bits per heavy atom. The van der Waals surface area contributed by atoms with Gasteiger partial charge in [0.1, 0.15) is 17.5 Å². The summed E-state index contributed by atoms with van der Waals surface area (Å²) in [5.74, 6) is 0.589. The quantitative estimate of drug-likeness (QED) is 0.674. The van der Waals surface area contributed by atoms with Crippen LogP contribution in [0.1, 0.15) is 5.56 Å². The van der Waals surface area contributed by atoms with E-state index in [2.05, 4.69) is 15.1 Å². The number of hydrogen-bond donors (Lipinski definition) is 1. The monoisotopic (exact) mass is 206 g/mol. The normalized spacial score (nSPS) is 10.3. The third kappa shape index (κ3) is 1.25. The van der Waals surface area contributed by atoms with Gasteiger partial charge in [0.25, 0.3) is 5.78 Å². The van der Waals surface area contributed by atoms with E-state index in [-0.39, 0.29) is 5.82 Å². The van der Waals surface area contributed by atoms with Crippen molar-refractivity contribution in [2.45, 2.75) is 5.16 Å². The lowest BCUT2D eigenvalue weighted by molar-refractivity contribution is 0.879. The van der Waals surface area contributed by atoms with Crippen LogP contribution in [0.4, 0.5) is 5.82 Å². The molecule has 6 nitrogen and oxygen atoms in total. The summed E-state index contributed by atoms with van der Waals surface area (Å²) in [5, 5.41) is 13.4. The standard InChI is InChI=1S/C7H6N6S/c1-14-7-11-6-10-5(9)4(2-8)3-13(6)12-7/h3H,1H3,(H2,9,10,11,12). The summed E-state index contributed by atoms with van der Waals surface area (Å²) >= 11 is 1.41. The SMILES string of the molecule is CSc1nc2nc(N)c(C#N)cn2n1. The van der Waals surface area contributed by atoms with E-state index >= 15 is 0 Å². The lowest BCUT2D eigenvalue weighted by atomic mass is 10.3. The number of nitriles is 1. The molecule has 2 heterocycles. The molecule has 2 aromatic heterocycles. The van der Waals surface area contributed by atoms with E-state index < -0.39 is 0 Å². The first kappa shape index (κ1) is 8.77. The number of aromatic nitrogens is 4. The van der Waals surface area contributed by atoms with Gasteiger partial charge in [0.05, 0.1) is 6.20 Å². The van der Waals surface area contributed by atoms with Crippen LogP contribution in [0.2, 0.25) is 0 Å². The molecule has 0 aliphatic heterocycles. The number of nitrogens with zero attached hydrogens (tertiary/aromatic N) is 5. The second-order valence-corrected chi connectivity index (χ2v) is 3.27. The highest BCUT2D eigenvalue weighted by Gasteiger charge is 2.07. The maximum absolute atomic E-state index is 8.71. The van der Waals surface area contributed by atoms with Crippen molar-refractivity contribution >= 4 is 23.4 Å². The van der Waals surface area contributed by atoms with Crippen molar-refractivity contribution in [2.24, 2.45) is 0 Å². The molecule has 7 heteroatoms. The molecule has 0 aliphatic carbocycles. The molecule has 0 unspecified atom stereocenters. The first-order chi connectivity index (χ1) is 6.74. The van der Waals surface area contributed by atoms with Gasteiger partial charge < -0.3 is 5.73 Å². The Morgan fingerprint density at radius 2 is 2.36 bits per heavy atom. The second kappa shape index (κ2) is 3.16. The number of anilines is 1. The van der Waals surface area contributed by atoms with Crippen LogP contribution < -0.4 is 5.73 Å². The highest BCUT2D eigenvalue weighted by molar-refractivity contribution is 7.98. The van der Waals surface area contributed by atoms with Crippen LogP contribution in [0.5, 0.6) is 0 Å². The fourth-order valence-electron chi connectivity index (χ4n) is 0.988. The number of hydrogen-bond acceptors (Lipinski definition) is 6. The Morgan fingerprint density at radius 1 is 1.57 bits per heavy atom. The zero-order valence-corrected chi connectivity index (χ0v) is 8.12. The maximum Gasteiger partial charge on any atom is 0.255 e. The summed E-state index contributed by atoms with van der Waals surface area (Å²) in [6.07, 6.45) is 3.38. The Hall–Kier alpha value is -1.81. The average Bonchev–Trinajstić information content (AvgIpc) is 2.58. The van der Waals surface area contributed by atoms with Crippen molar-refractivity contribution in [3.05, 3.63) is 11.8 Å². The fraction of sp³-hybridized carbons (Fsp3) is 0.143. The lowest BCUT2D eigenvalue weighted by Gasteiger charge is -1.94. The van der Waals surface area contributed by atoms with Crippen LogP contribution in [0, 0.1) is 11.3 Å². The number of nitrogens with two attached hydrogens (primary N) is 1. The van der Waals surface area contributed by atoms with Crippen LogP contribution in [-0.2, 0) is 0 Å². The minimum Gasteiger partial charge on any atom is -0.382 e. The van der Waals surface area contributed by atoms with E-state index in [1.807, 2.05) is 12.3 Å². The predicted molar refractivity (Wildman–Crippen MR) is 51.7 cm³/mol. The summed E-state index contributed by atoms with van der Waals surface area (Å²) in [4.78, 5) is 8.03. The van der Waals surface area contributed by atoms with Crippen molar-refractivity contribution in [1.29, 1.82) is 5.26 Å². The van der Waals surface area contributed by atoms with Crippen molar-refractivity contribution in [3.63, 3.8) is 0 Å². The van der Waals surface area contributed by atoms with Crippen LogP contribution in [0.15, 0.2) is 11.4 Å². The zero-order chi connectivity index (χ0) is 10.1. The highest BCUT2D eigenvalue weighted by atomic mass is 32.2. The third-order valence-corrected chi connectivity index (χ3v) is 2.18. The molecule has 0 saturated heterocycles. The zero-order valence-electron chi connectivity index (χ0n) is 7.30. The van der Waals surface area contributed by atoms with Gasteiger partial charge in [-0.1, -0.05) is 11.8 Å². The summed E-state index contributed by atoms with van der Waals surface area (Å²) in [5.41, 5.74) is 5.83. The predicted octanol–water partition coefficient (Wildman–Crippen LogP) is 0.300. The van der Waals surface area contributed by atoms with Crippen molar-refractivity contribution in [3.8, 4) is 6.07 Å². The molecule has 2 N–H and O–H groups in total. The van der Waals surface area contributed by atoms with Crippen molar-refractivity contribution < 1.29 is 0 Å². The molecule has 0 aromatic carbocycles. The van der Waals surface area contributed by atoms with Gasteiger partial charge >= 0.3 is 0 Å². The minimum atomic E-state index is 0.181. The first-order valence-corrected chi connectivity index (χ1v) is 4.94. The largest absolute Gasteiger partial charge is 0.382 e. The molecular formula is C7H6N6S. The molecule has 0 amide bonds. The Bertz CT molecular complexity index is 525. The third-order valence-electron chi connectivity index (χ3n) is 1.64. The van der Waals surface area contributed by atoms with Crippen LogP contribution in [0.25, 0.3) is 5.78 Å². The maximum atomic E-state index is 8.71. The highest BCUT2D eigenvalue weighted by Crippen LogP contribution is 2.12. The molecule has 0 bridgehead atoms. The summed E-state index contributed by atoms with van der Waals surface area (Å²) < 4.78 is 1.45. The molecule has 14 heavy (non-hydrogen) atoms. The molecule has 0 saturated carbocycles. The Kier molecular flexibility index (Phi) is 1.98. The van der Waals surface area contributed by atoms with Gasteiger partial charge in [-0.05, 0) is 6.26 Å². The van der Waals surface area contributed by atoms with Crippen LogP contribution in [0.3, 0.4) is 0 Å². The van der Waals surface area contributed by atoms with Crippen LogP contribution >= 0.6 is 11.8 Å². The molecule has 0 aliphatic rings. The molecule has 0 atom stereocenters. The summed E-state index contributed by atoms with van der Waals surface area (Å²) in [6, 6.07) is 1.93. The second-order valence-electron chi connectivity index (χ2n) is 2.49. The number of nitrogen functional groups attached to an aromatic ring is 1. The number of thioether (sulfide) groups is 1. The van der Waals surface area contributed by atoms with Gasteiger partial charge in [-0.25, -0.2) is 4.52 Å². The van der Waals surface area contributed by atoms with E-state index in [0.717, 1.165) is 0 Å². The van der Waals surface area contributed by atoms with E-state index in [1.165, 1.54) is 22.5 Å². The topological polar surface area (TPSA) is 92.9 Å². The van der Waals surface area contributed by atoms with Gasteiger partial charge in [-0.2, -0.15) is 15.2 Å². The molecule has 2 rings (SSSR count). The van der Waals surface area contributed by atoms with Gasteiger partial charge in [-0.15, -0.1) is 5.10 Å². The smallest absolute Gasteiger partial charge is 0.255 e. The molecule has 0 spiro atoms. The summed E-state index contributed by atoms with van der Waals surface area (Å²) in [6.45, 7) is 0. The van der Waals surface area contributed by atoms with E-state index in [9.17, 15) is 0 Å². The van der Waals surface area contributed by atoms with Crippen molar-refractivity contribution in [1.82, 2.24) is 19.6 Å².